The summed E-state index contributed by atoms with van der Waals surface area (Å²) in [5.74, 6) is -0.540. The Kier molecular flexibility index (Phi) is 4.49. The van der Waals surface area contributed by atoms with Crippen molar-refractivity contribution in [3.63, 3.8) is 0 Å². The van der Waals surface area contributed by atoms with E-state index in [0.717, 1.165) is 16.3 Å². The topological polar surface area (TPSA) is 111 Å². The number of nitro benzene ring substituents is 1. The fourth-order valence-electron chi connectivity index (χ4n) is 1.74. The molecule has 0 saturated heterocycles. The van der Waals surface area contributed by atoms with Gasteiger partial charge in [0, 0.05) is 22.8 Å². The van der Waals surface area contributed by atoms with Gasteiger partial charge < -0.3 is 11.1 Å². The predicted molar refractivity (Wildman–Crippen MR) is 80.2 cm³/mol. The molecule has 7 nitrogen and oxygen atoms in total. The summed E-state index contributed by atoms with van der Waals surface area (Å²) in [5, 5.41) is 14.3. The van der Waals surface area contributed by atoms with E-state index in [1.807, 2.05) is 6.92 Å². The van der Waals surface area contributed by atoms with Crippen molar-refractivity contribution < 1.29 is 9.72 Å². The lowest BCUT2D eigenvalue weighted by Gasteiger charge is -2.05. The SMILES string of the molecule is CCc1cnc(CNC(=O)c2cc(N)ccc2[N+](=O)[O-])s1. The second-order valence-electron chi connectivity index (χ2n) is 4.29. The molecule has 0 aliphatic carbocycles. The molecule has 1 amide bonds. The molecule has 0 fully saturated rings. The van der Waals surface area contributed by atoms with E-state index in [1.54, 1.807) is 6.20 Å². The Balaban J connectivity index is 2.13. The third-order valence-electron chi connectivity index (χ3n) is 2.81. The summed E-state index contributed by atoms with van der Waals surface area (Å²) in [6.07, 6.45) is 2.64. The van der Waals surface area contributed by atoms with Crippen molar-refractivity contribution in [2.45, 2.75) is 19.9 Å². The average Bonchev–Trinajstić information content (AvgIpc) is 2.92. The zero-order valence-electron chi connectivity index (χ0n) is 11.3. The highest BCUT2D eigenvalue weighted by molar-refractivity contribution is 7.11. The Labute approximate surface area is 125 Å². The van der Waals surface area contributed by atoms with Crippen LogP contribution in [0.2, 0.25) is 0 Å². The lowest BCUT2D eigenvalue weighted by molar-refractivity contribution is -0.385. The van der Waals surface area contributed by atoms with E-state index in [-0.39, 0.29) is 17.8 Å². The molecular formula is C13H14N4O3S. The molecule has 0 aliphatic rings. The summed E-state index contributed by atoms with van der Waals surface area (Å²) in [5.41, 5.74) is 5.56. The van der Waals surface area contributed by atoms with Crippen LogP contribution in [0, 0.1) is 10.1 Å². The third kappa shape index (κ3) is 3.54. The summed E-state index contributed by atoms with van der Waals surface area (Å²) in [4.78, 5) is 27.7. The first-order valence-electron chi connectivity index (χ1n) is 6.27. The number of amides is 1. The number of nitrogens with zero attached hydrogens (tertiary/aromatic N) is 2. The van der Waals surface area contributed by atoms with Crippen molar-refractivity contribution in [1.29, 1.82) is 0 Å². The summed E-state index contributed by atoms with van der Waals surface area (Å²) >= 11 is 1.50. The first kappa shape index (κ1) is 14.9. The van der Waals surface area contributed by atoms with Gasteiger partial charge in [0.1, 0.15) is 10.6 Å². The number of benzene rings is 1. The van der Waals surface area contributed by atoms with Gasteiger partial charge in [-0.05, 0) is 18.6 Å². The molecule has 0 radical (unpaired) electrons. The fourth-order valence-corrected chi connectivity index (χ4v) is 2.54. The molecule has 0 spiro atoms. The number of carbonyl (C=O) groups excluding carboxylic acids is 1. The van der Waals surface area contributed by atoms with Gasteiger partial charge in [0.15, 0.2) is 0 Å². The van der Waals surface area contributed by atoms with Gasteiger partial charge in [-0.3, -0.25) is 14.9 Å². The Hall–Kier alpha value is -2.48. The monoisotopic (exact) mass is 306 g/mol. The van der Waals surface area contributed by atoms with E-state index in [9.17, 15) is 14.9 Å². The quantitative estimate of drug-likeness (QED) is 0.499. The minimum absolute atomic E-state index is 0.0488. The molecule has 8 heteroatoms. The smallest absolute Gasteiger partial charge is 0.282 e. The summed E-state index contributed by atoms with van der Waals surface area (Å²) < 4.78 is 0. The van der Waals surface area contributed by atoms with E-state index < -0.39 is 10.8 Å². The van der Waals surface area contributed by atoms with Gasteiger partial charge in [-0.15, -0.1) is 11.3 Å². The van der Waals surface area contributed by atoms with Crippen LogP contribution in [0.3, 0.4) is 0 Å². The van der Waals surface area contributed by atoms with Crippen molar-refractivity contribution in [3.05, 3.63) is 50.0 Å². The van der Waals surface area contributed by atoms with Crippen molar-refractivity contribution in [2.75, 3.05) is 5.73 Å². The third-order valence-corrected chi connectivity index (χ3v) is 3.95. The second kappa shape index (κ2) is 6.31. The highest BCUT2D eigenvalue weighted by Gasteiger charge is 2.20. The standard InChI is InChI=1S/C13H14N4O3S/c1-2-9-6-15-12(21-9)7-16-13(18)10-5-8(14)3-4-11(10)17(19)20/h3-6H,2,7,14H2,1H3,(H,16,18). The molecule has 0 atom stereocenters. The van der Waals surface area contributed by atoms with Crippen LogP contribution in [-0.4, -0.2) is 15.8 Å². The number of nitrogens with two attached hydrogens (primary N) is 1. The maximum atomic E-state index is 12.1. The van der Waals surface area contributed by atoms with Crippen molar-refractivity contribution in [2.24, 2.45) is 0 Å². The Morgan fingerprint density at radius 1 is 1.52 bits per heavy atom. The number of hydrogen-bond donors (Lipinski definition) is 2. The van der Waals surface area contributed by atoms with Crippen LogP contribution in [-0.2, 0) is 13.0 Å². The lowest BCUT2D eigenvalue weighted by Crippen LogP contribution is -2.23. The lowest BCUT2D eigenvalue weighted by atomic mass is 10.1. The molecule has 0 bridgehead atoms. The van der Waals surface area contributed by atoms with Gasteiger partial charge >= 0.3 is 0 Å². The van der Waals surface area contributed by atoms with Crippen LogP contribution in [0.25, 0.3) is 0 Å². The largest absolute Gasteiger partial charge is 0.399 e. The van der Waals surface area contributed by atoms with Crippen LogP contribution < -0.4 is 11.1 Å². The van der Waals surface area contributed by atoms with Gasteiger partial charge in [0.2, 0.25) is 0 Å². The maximum Gasteiger partial charge on any atom is 0.282 e. The zero-order valence-corrected chi connectivity index (χ0v) is 12.1. The first-order chi connectivity index (χ1) is 10.0. The number of aryl methyl sites for hydroxylation is 1. The van der Waals surface area contributed by atoms with Gasteiger partial charge in [-0.25, -0.2) is 4.98 Å². The number of aromatic nitrogens is 1. The number of hydrogen-bond acceptors (Lipinski definition) is 6. The molecule has 0 saturated carbocycles. The van der Waals surface area contributed by atoms with E-state index in [4.69, 9.17) is 5.73 Å². The molecule has 21 heavy (non-hydrogen) atoms. The fraction of sp³-hybridized carbons (Fsp3) is 0.231. The van der Waals surface area contributed by atoms with Gasteiger partial charge in [-0.2, -0.15) is 0 Å². The highest BCUT2D eigenvalue weighted by Crippen LogP contribution is 2.21. The molecule has 1 heterocycles. The molecule has 1 aromatic carbocycles. The number of rotatable bonds is 5. The highest BCUT2D eigenvalue weighted by atomic mass is 32.1. The molecular weight excluding hydrogens is 292 g/mol. The normalized spacial score (nSPS) is 10.3. The molecule has 2 rings (SSSR count). The van der Waals surface area contributed by atoms with E-state index in [1.165, 1.54) is 29.5 Å². The van der Waals surface area contributed by atoms with E-state index >= 15 is 0 Å². The van der Waals surface area contributed by atoms with Gasteiger partial charge in [0.25, 0.3) is 11.6 Å². The molecule has 0 aliphatic heterocycles. The van der Waals surface area contributed by atoms with Crippen molar-refractivity contribution in [1.82, 2.24) is 10.3 Å². The van der Waals surface area contributed by atoms with Gasteiger partial charge in [0.05, 0.1) is 11.5 Å². The molecule has 110 valence electrons. The molecule has 3 N–H and O–H groups in total. The number of thiazole rings is 1. The second-order valence-corrected chi connectivity index (χ2v) is 5.49. The van der Waals surface area contributed by atoms with Crippen LogP contribution >= 0.6 is 11.3 Å². The Bertz CT molecular complexity index is 684. The maximum absolute atomic E-state index is 12.1. The minimum Gasteiger partial charge on any atom is -0.399 e. The number of nitro groups is 1. The minimum atomic E-state index is -0.604. The number of anilines is 1. The van der Waals surface area contributed by atoms with Crippen LogP contribution in [0.1, 0.15) is 27.2 Å². The summed E-state index contributed by atoms with van der Waals surface area (Å²) in [7, 11) is 0. The molecule has 0 unspecified atom stereocenters. The van der Waals surface area contributed by atoms with Crippen LogP contribution in [0.4, 0.5) is 11.4 Å². The summed E-state index contributed by atoms with van der Waals surface area (Å²) in [6, 6.07) is 3.92. The number of carbonyl (C=O) groups is 1. The zero-order chi connectivity index (χ0) is 15.4. The average molecular weight is 306 g/mol. The Morgan fingerprint density at radius 3 is 2.90 bits per heavy atom. The van der Waals surface area contributed by atoms with Crippen LogP contribution in [0.5, 0.6) is 0 Å². The molecule has 2 aromatic rings. The Morgan fingerprint density at radius 2 is 2.29 bits per heavy atom. The summed E-state index contributed by atoms with van der Waals surface area (Å²) in [6.45, 7) is 2.25. The van der Waals surface area contributed by atoms with E-state index in [2.05, 4.69) is 10.3 Å². The van der Waals surface area contributed by atoms with Gasteiger partial charge in [-0.1, -0.05) is 6.92 Å². The number of nitrogen functional groups attached to an aromatic ring is 1. The molecule has 1 aromatic heterocycles. The first-order valence-corrected chi connectivity index (χ1v) is 7.08. The van der Waals surface area contributed by atoms with E-state index in [0.29, 0.717) is 5.69 Å². The van der Waals surface area contributed by atoms with Crippen molar-refractivity contribution >= 4 is 28.6 Å². The van der Waals surface area contributed by atoms with Crippen molar-refractivity contribution in [3.8, 4) is 0 Å². The van der Waals surface area contributed by atoms with Crippen LogP contribution in [0.15, 0.2) is 24.4 Å². The number of nitrogens with one attached hydrogen (secondary N) is 1. The predicted octanol–water partition coefficient (Wildman–Crippen LogP) is 2.13.